The van der Waals surface area contributed by atoms with Gasteiger partial charge in [0.25, 0.3) is 5.91 Å². The number of nitrogens with two attached hydrogens (primary N) is 1. The molecule has 1 atom stereocenters. The molecule has 4 rings (SSSR count). The smallest absolute Gasteiger partial charge is 0.254 e. The van der Waals surface area contributed by atoms with Crippen LogP contribution in [0.3, 0.4) is 0 Å². The predicted molar refractivity (Wildman–Crippen MR) is 96.7 cm³/mol. The molecule has 0 saturated carbocycles. The van der Waals surface area contributed by atoms with E-state index in [1.807, 2.05) is 4.90 Å². The van der Waals surface area contributed by atoms with Gasteiger partial charge in [-0.2, -0.15) is 0 Å². The monoisotopic (exact) mass is 370 g/mol. The third-order valence-corrected chi connectivity index (χ3v) is 4.94. The van der Waals surface area contributed by atoms with Gasteiger partial charge in [-0.15, -0.1) is 0 Å². The van der Waals surface area contributed by atoms with Crippen LogP contribution in [0, 0.1) is 0 Å². The Morgan fingerprint density at radius 2 is 2.04 bits per heavy atom. The number of imidazole rings is 1. The van der Waals surface area contributed by atoms with E-state index in [0.717, 1.165) is 18.7 Å². The van der Waals surface area contributed by atoms with Crippen LogP contribution in [-0.2, 0) is 11.3 Å². The number of nitrogens with zero attached hydrogens (tertiary/aromatic N) is 3. The van der Waals surface area contributed by atoms with Crippen LogP contribution in [0.5, 0.6) is 11.5 Å². The van der Waals surface area contributed by atoms with Gasteiger partial charge in [0.15, 0.2) is 11.5 Å². The number of fused-ring (bicyclic) bond motifs is 1. The summed E-state index contributed by atoms with van der Waals surface area (Å²) in [4.78, 5) is 30.5. The summed E-state index contributed by atoms with van der Waals surface area (Å²) in [6.45, 7) is 2.36. The van der Waals surface area contributed by atoms with Gasteiger partial charge >= 0.3 is 0 Å². The Labute approximate surface area is 156 Å². The maximum Gasteiger partial charge on any atom is 0.254 e. The van der Waals surface area contributed by atoms with Gasteiger partial charge in [0, 0.05) is 37.0 Å². The summed E-state index contributed by atoms with van der Waals surface area (Å²) in [6, 6.07) is 5.30. The average molecular weight is 370 g/mol. The Hall–Kier alpha value is -3.03. The molecule has 0 spiro atoms. The van der Waals surface area contributed by atoms with Crippen molar-refractivity contribution in [3.05, 3.63) is 42.0 Å². The molecule has 142 valence electrons. The zero-order valence-corrected chi connectivity index (χ0v) is 15.0. The standard InChI is InChI=1S/C19H22N4O4/c20-17(24)12-22-7-5-21-18(22)14-2-1-6-23(11-14)19(25)13-3-4-15-16(10-13)27-9-8-26-15/h3-5,7,10,14H,1-2,6,8-9,11-12H2,(H2,20,24)/t14-/m0/s1. The number of carbonyl (C=O) groups excluding carboxylic acids is 2. The van der Waals surface area contributed by atoms with Crippen molar-refractivity contribution < 1.29 is 19.1 Å². The third kappa shape index (κ3) is 3.60. The van der Waals surface area contributed by atoms with Crippen LogP contribution in [0.1, 0.15) is 34.9 Å². The van der Waals surface area contributed by atoms with E-state index in [-0.39, 0.29) is 18.4 Å². The van der Waals surface area contributed by atoms with Crippen LogP contribution in [-0.4, -0.2) is 52.6 Å². The van der Waals surface area contributed by atoms with Crippen LogP contribution in [0.25, 0.3) is 0 Å². The first-order chi connectivity index (χ1) is 13.1. The van der Waals surface area contributed by atoms with Crippen molar-refractivity contribution in [2.24, 2.45) is 5.73 Å². The summed E-state index contributed by atoms with van der Waals surface area (Å²) in [5, 5.41) is 0. The molecule has 27 heavy (non-hydrogen) atoms. The molecule has 8 nitrogen and oxygen atoms in total. The molecule has 8 heteroatoms. The molecule has 1 aromatic carbocycles. The molecule has 2 aliphatic rings. The first kappa shape index (κ1) is 17.4. The Morgan fingerprint density at radius 1 is 1.22 bits per heavy atom. The van der Waals surface area contributed by atoms with Crippen molar-refractivity contribution in [1.29, 1.82) is 0 Å². The Bertz CT molecular complexity index is 863. The maximum atomic E-state index is 13.0. The molecule has 1 saturated heterocycles. The molecule has 0 unspecified atom stereocenters. The quantitative estimate of drug-likeness (QED) is 0.871. The number of hydrogen-bond donors (Lipinski definition) is 1. The number of ether oxygens (including phenoxy) is 2. The second-order valence-electron chi connectivity index (χ2n) is 6.83. The number of amides is 2. The van der Waals surface area contributed by atoms with Crippen LogP contribution in [0.2, 0.25) is 0 Å². The molecule has 1 aromatic heterocycles. The largest absolute Gasteiger partial charge is 0.486 e. The van der Waals surface area contributed by atoms with Gasteiger partial charge in [0.2, 0.25) is 5.91 Å². The third-order valence-electron chi connectivity index (χ3n) is 4.94. The van der Waals surface area contributed by atoms with E-state index < -0.39 is 5.91 Å². The van der Waals surface area contributed by atoms with Crippen molar-refractivity contribution in [1.82, 2.24) is 14.5 Å². The Morgan fingerprint density at radius 3 is 2.85 bits per heavy atom. The zero-order chi connectivity index (χ0) is 18.8. The van der Waals surface area contributed by atoms with Gasteiger partial charge < -0.3 is 24.7 Å². The van der Waals surface area contributed by atoms with Gasteiger partial charge in [0.05, 0.1) is 0 Å². The summed E-state index contributed by atoms with van der Waals surface area (Å²) in [5.41, 5.74) is 5.90. The lowest BCUT2D eigenvalue weighted by Crippen LogP contribution is -2.40. The average Bonchev–Trinajstić information content (AvgIpc) is 3.14. The van der Waals surface area contributed by atoms with Crippen LogP contribution in [0.4, 0.5) is 0 Å². The number of carbonyl (C=O) groups is 2. The lowest BCUT2D eigenvalue weighted by Gasteiger charge is -2.33. The molecule has 1 fully saturated rings. The fraction of sp³-hybridized carbons (Fsp3) is 0.421. The van der Waals surface area contributed by atoms with E-state index in [1.165, 1.54) is 0 Å². The number of piperidine rings is 1. The molecule has 2 aliphatic heterocycles. The first-order valence-electron chi connectivity index (χ1n) is 9.10. The Kier molecular flexibility index (Phi) is 4.70. The highest BCUT2D eigenvalue weighted by molar-refractivity contribution is 5.95. The normalized spacial score (nSPS) is 19.0. The highest BCUT2D eigenvalue weighted by Gasteiger charge is 2.29. The van der Waals surface area contributed by atoms with Crippen molar-refractivity contribution in [3.63, 3.8) is 0 Å². The summed E-state index contributed by atoms with van der Waals surface area (Å²) >= 11 is 0. The minimum Gasteiger partial charge on any atom is -0.486 e. The molecular formula is C19H22N4O4. The second kappa shape index (κ2) is 7.30. The van der Waals surface area contributed by atoms with Crippen molar-refractivity contribution in [2.45, 2.75) is 25.3 Å². The minimum atomic E-state index is -0.408. The van der Waals surface area contributed by atoms with E-state index in [1.54, 1.807) is 35.2 Å². The molecule has 3 heterocycles. The second-order valence-corrected chi connectivity index (χ2v) is 6.83. The lowest BCUT2D eigenvalue weighted by molar-refractivity contribution is -0.118. The van der Waals surface area contributed by atoms with E-state index in [0.29, 0.717) is 43.4 Å². The van der Waals surface area contributed by atoms with Gasteiger partial charge in [-0.05, 0) is 31.0 Å². The highest BCUT2D eigenvalue weighted by Crippen LogP contribution is 2.32. The van der Waals surface area contributed by atoms with Gasteiger partial charge in [-0.25, -0.2) is 4.98 Å². The van der Waals surface area contributed by atoms with Crippen molar-refractivity contribution in [2.75, 3.05) is 26.3 Å². The van der Waals surface area contributed by atoms with E-state index >= 15 is 0 Å². The summed E-state index contributed by atoms with van der Waals surface area (Å²) in [7, 11) is 0. The summed E-state index contributed by atoms with van der Waals surface area (Å²) < 4.78 is 12.9. The molecule has 2 N–H and O–H groups in total. The van der Waals surface area contributed by atoms with Crippen LogP contribution in [0.15, 0.2) is 30.6 Å². The minimum absolute atomic E-state index is 0.0373. The maximum absolute atomic E-state index is 13.0. The van der Waals surface area contributed by atoms with Gasteiger partial charge in [-0.1, -0.05) is 0 Å². The number of rotatable bonds is 4. The van der Waals surface area contributed by atoms with E-state index in [9.17, 15) is 9.59 Å². The summed E-state index contributed by atoms with van der Waals surface area (Å²) in [5.74, 6) is 1.71. The lowest BCUT2D eigenvalue weighted by atomic mass is 9.96. The van der Waals surface area contributed by atoms with Crippen molar-refractivity contribution in [3.8, 4) is 11.5 Å². The van der Waals surface area contributed by atoms with Crippen LogP contribution < -0.4 is 15.2 Å². The van der Waals surface area contributed by atoms with Crippen LogP contribution >= 0.6 is 0 Å². The Balaban J connectivity index is 1.50. The number of primary amides is 1. The number of likely N-dealkylation sites (tertiary alicyclic amines) is 1. The van der Waals surface area contributed by atoms with Gasteiger partial charge in [-0.3, -0.25) is 9.59 Å². The molecule has 0 radical (unpaired) electrons. The highest BCUT2D eigenvalue weighted by atomic mass is 16.6. The molecular weight excluding hydrogens is 348 g/mol. The molecule has 0 bridgehead atoms. The first-order valence-corrected chi connectivity index (χ1v) is 9.10. The van der Waals surface area contributed by atoms with E-state index in [2.05, 4.69) is 4.98 Å². The zero-order valence-electron chi connectivity index (χ0n) is 15.0. The SMILES string of the molecule is NC(=O)Cn1ccnc1[C@H]1CCCN(C(=O)c2ccc3c(c2)OCCO3)C1. The van der Waals surface area contributed by atoms with Crippen molar-refractivity contribution >= 4 is 11.8 Å². The summed E-state index contributed by atoms with van der Waals surface area (Å²) in [6.07, 6.45) is 5.21. The topological polar surface area (TPSA) is 99.7 Å². The predicted octanol–water partition coefficient (Wildman–Crippen LogP) is 1.16. The fourth-order valence-electron chi connectivity index (χ4n) is 3.71. The number of hydrogen-bond acceptors (Lipinski definition) is 5. The molecule has 2 amide bonds. The number of aromatic nitrogens is 2. The molecule has 0 aliphatic carbocycles. The fourth-order valence-corrected chi connectivity index (χ4v) is 3.71. The van der Waals surface area contributed by atoms with Gasteiger partial charge in [0.1, 0.15) is 25.6 Å². The number of benzene rings is 1. The molecule has 2 aromatic rings. The van der Waals surface area contributed by atoms with E-state index in [4.69, 9.17) is 15.2 Å².